The highest BCUT2D eigenvalue weighted by Crippen LogP contribution is 2.44. The van der Waals surface area contributed by atoms with Crippen molar-refractivity contribution in [3.63, 3.8) is 0 Å². The molecule has 2 aliphatic carbocycles. The van der Waals surface area contributed by atoms with Crippen LogP contribution in [0.25, 0.3) is 0 Å². The molecule has 0 saturated heterocycles. The molecule has 166 valence electrons. The number of nitrogens with zero attached hydrogens (tertiary/aromatic N) is 1. The first-order valence-electron chi connectivity index (χ1n) is 11.0. The van der Waals surface area contributed by atoms with Crippen molar-refractivity contribution < 1.29 is 17.9 Å². The molecule has 0 heterocycles. The molecule has 4 rings (SSSR count). The third kappa shape index (κ3) is 4.71. The lowest BCUT2D eigenvalue weighted by Crippen LogP contribution is -2.46. The van der Waals surface area contributed by atoms with E-state index in [-0.39, 0.29) is 23.4 Å². The van der Waals surface area contributed by atoms with E-state index in [2.05, 4.69) is 5.32 Å². The Hall–Kier alpha value is -2.54. The van der Waals surface area contributed by atoms with E-state index in [1.54, 1.807) is 24.3 Å². The van der Waals surface area contributed by atoms with E-state index in [1.807, 2.05) is 26.0 Å². The second kappa shape index (κ2) is 8.91. The Labute approximate surface area is 184 Å². The molecule has 2 aromatic rings. The Morgan fingerprint density at radius 1 is 1.06 bits per heavy atom. The zero-order chi connectivity index (χ0) is 22.0. The number of hydrogen-bond donors (Lipinski definition) is 1. The number of benzene rings is 2. The predicted octanol–water partition coefficient (Wildman–Crippen LogP) is 3.89. The van der Waals surface area contributed by atoms with Crippen molar-refractivity contribution in [2.24, 2.45) is 11.8 Å². The fourth-order valence-electron chi connectivity index (χ4n) is 4.83. The van der Waals surface area contributed by atoms with Gasteiger partial charge in [0.1, 0.15) is 12.3 Å². The number of fused-ring (bicyclic) bond motifs is 2. The van der Waals surface area contributed by atoms with Crippen molar-refractivity contribution in [2.45, 2.75) is 50.5 Å². The van der Waals surface area contributed by atoms with E-state index in [0.29, 0.717) is 29.9 Å². The Morgan fingerprint density at radius 2 is 1.77 bits per heavy atom. The van der Waals surface area contributed by atoms with Crippen molar-refractivity contribution in [1.82, 2.24) is 5.32 Å². The van der Waals surface area contributed by atoms with Crippen LogP contribution in [0.2, 0.25) is 0 Å². The highest BCUT2D eigenvalue weighted by atomic mass is 32.2. The maximum absolute atomic E-state index is 13.5. The first-order valence-corrected chi connectivity index (χ1v) is 12.4. The van der Waals surface area contributed by atoms with Gasteiger partial charge in [0.2, 0.25) is 5.91 Å². The van der Waals surface area contributed by atoms with Crippen LogP contribution in [0.15, 0.2) is 53.4 Å². The fraction of sp³-hybridized carbons (Fsp3) is 0.458. The molecule has 3 atom stereocenters. The average molecular weight is 443 g/mol. The van der Waals surface area contributed by atoms with Crippen LogP contribution in [0, 0.1) is 18.8 Å². The molecule has 6 nitrogen and oxygen atoms in total. The van der Waals surface area contributed by atoms with Gasteiger partial charge < -0.3 is 10.1 Å². The number of sulfonamides is 1. The van der Waals surface area contributed by atoms with E-state index < -0.39 is 10.0 Å². The van der Waals surface area contributed by atoms with Gasteiger partial charge in [-0.2, -0.15) is 0 Å². The third-order valence-electron chi connectivity index (χ3n) is 6.42. The van der Waals surface area contributed by atoms with Gasteiger partial charge in [-0.3, -0.25) is 9.10 Å². The molecule has 2 fully saturated rings. The summed E-state index contributed by atoms with van der Waals surface area (Å²) >= 11 is 0. The van der Waals surface area contributed by atoms with Gasteiger partial charge in [-0.05, 0) is 81.3 Å². The van der Waals surface area contributed by atoms with Gasteiger partial charge in [-0.15, -0.1) is 0 Å². The Balaban J connectivity index is 1.57. The standard InChI is InChI=1S/C24H30N2O4S/c1-3-30-21-10-12-22(13-11-21)31(28,29)26(20-8-4-17(2)5-9-20)16-24(27)25-23-15-18-6-7-19(23)14-18/h4-5,8-13,18-19,23H,3,6-7,14-16H2,1-2H3,(H,25,27)/t18-,19+,23?/m1/s1. The van der Waals surface area contributed by atoms with E-state index in [4.69, 9.17) is 4.74 Å². The number of ether oxygens (including phenoxy) is 1. The molecule has 31 heavy (non-hydrogen) atoms. The summed E-state index contributed by atoms with van der Waals surface area (Å²) in [5.74, 6) is 1.59. The van der Waals surface area contributed by atoms with Crippen LogP contribution in [0.1, 0.15) is 38.2 Å². The summed E-state index contributed by atoms with van der Waals surface area (Å²) in [7, 11) is -3.92. The zero-order valence-corrected chi connectivity index (χ0v) is 18.9. The van der Waals surface area contributed by atoms with E-state index in [0.717, 1.165) is 18.4 Å². The molecule has 0 aliphatic heterocycles. The number of rotatable bonds is 8. The lowest BCUT2D eigenvalue weighted by atomic mass is 9.95. The molecular formula is C24H30N2O4S. The minimum atomic E-state index is -3.92. The first kappa shape index (κ1) is 21.7. The van der Waals surface area contributed by atoms with Crippen molar-refractivity contribution in [1.29, 1.82) is 0 Å². The monoisotopic (exact) mass is 442 g/mol. The van der Waals surface area contributed by atoms with Gasteiger partial charge in [-0.1, -0.05) is 24.1 Å². The number of nitrogens with one attached hydrogen (secondary N) is 1. The summed E-state index contributed by atoms with van der Waals surface area (Å²) in [6.45, 7) is 4.08. The van der Waals surface area contributed by atoms with Crippen LogP contribution in [-0.4, -0.2) is 33.5 Å². The molecule has 0 aromatic heterocycles. The van der Waals surface area contributed by atoms with Crippen molar-refractivity contribution in [3.8, 4) is 5.75 Å². The molecule has 2 aliphatic rings. The number of hydrogen-bond acceptors (Lipinski definition) is 4. The van der Waals surface area contributed by atoms with Crippen LogP contribution in [0.5, 0.6) is 5.75 Å². The van der Waals surface area contributed by atoms with Crippen molar-refractivity contribution >= 4 is 21.6 Å². The Morgan fingerprint density at radius 3 is 2.35 bits per heavy atom. The van der Waals surface area contributed by atoms with Gasteiger partial charge >= 0.3 is 0 Å². The fourth-order valence-corrected chi connectivity index (χ4v) is 6.25. The summed E-state index contributed by atoms with van der Waals surface area (Å²) < 4.78 is 33.6. The highest BCUT2D eigenvalue weighted by molar-refractivity contribution is 7.92. The molecule has 2 aromatic carbocycles. The zero-order valence-electron chi connectivity index (χ0n) is 18.1. The van der Waals surface area contributed by atoms with Crippen molar-refractivity contribution in [2.75, 3.05) is 17.5 Å². The minimum absolute atomic E-state index is 0.129. The van der Waals surface area contributed by atoms with Crippen LogP contribution >= 0.6 is 0 Å². The van der Waals surface area contributed by atoms with Crippen LogP contribution in [0.4, 0.5) is 5.69 Å². The maximum atomic E-state index is 13.5. The van der Waals surface area contributed by atoms with Gasteiger partial charge in [0.05, 0.1) is 17.2 Å². The third-order valence-corrected chi connectivity index (χ3v) is 8.20. The molecule has 0 radical (unpaired) electrons. The molecular weight excluding hydrogens is 412 g/mol. The molecule has 1 N–H and O–H groups in total. The van der Waals surface area contributed by atoms with Crippen LogP contribution in [0.3, 0.4) is 0 Å². The Bertz CT molecular complexity index is 1020. The maximum Gasteiger partial charge on any atom is 0.264 e. The molecule has 7 heteroatoms. The summed E-state index contributed by atoms with van der Waals surface area (Å²) in [6.07, 6.45) is 4.59. The topological polar surface area (TPSA) is 75.7 Å². The van der Waals surface area contributed by atoms with Crippen LogP contribution in [-0.2, 0) is 14.8 Å². The van der Waals surface area contributed by atoms with Crippen LogP contribution < -0.4 is 14.4 Å². The van der Waals surface area contributed by atoms with E-state index in [9.17, 15) is 13.2 Å². The number of aryl methyl sites for hydroxylation is 1. The summed E-state index contributed by atoms with van der Waals surface area (Å²) in [4.78, 5) is 13.0. The molecule has 1 unspecified atom stereocenters. The van der Waals surface area contributed by atoms with E-state index in [1.165, 1.54) is 29.3 Å². The quantitative estimate of drug-likeness (QED) is 0.673. The smallest absolute Gasteiger partial charge is 0.264 e. The SMILES string of the molecule is CCOc1ccc(S(=O)(=O)N(CC(=O)NC2C[C@@H]3CC[C@H]2C3)c2ccc(C)cc2)cc1. The predicted molar refractivity (Wildman–Crippen MR) is 121 cm³/mol. The minimum Gasteiger partial charge on any atom is -0.494 e. The number of carbonyl (C=O) groups excluding carboxylic acids is 1. The molecule has 0 spiro atoms. The molecule has 2 bridgehead atoms. The van der Waals surface area contributed by atoms with Crippen molar-refractivity contribution in [3.05, 3.63) is 54.1 Å². The van der Waals surface area contributed by atoms with Gasteiger partial charge in [0.15, 0.2) is 0 Å². The average Bonchev–Trinajstić information content (AvgIpc) is 3.37. The second-order valence-corrected chi connectivity index (χ2v) is 10.5. The molecule has 2 saturated carbocycles. The summed E-state index contributed by atoms with van der Waals surface area (Å²) in [5.41, 5.74) is 1.50. The number of carbonyl (C=O) groups is 1. The summed E-state index contributed by atoms with van der Waals surface area (Å²) in [5, 5.41) is 3.11. The number of amides is 1. The lowest BCUT2D eigenvalue weighted by Gasteiger charge is -2.27. The molecule has 1 amide bonds. The first-order chi connectivity index (χ1) is 14.9. The normalized spacial score (nSPS) is 22.3. The van der Waals surface area contributed by atoms with Gasteiger partial charge in [0.25, 0.3) is 10.0 Å². The lowest BCUT2D eigenvalue weighted by molar-refractivity contribution is -0.120. The summed E-state index contributed by atoms with van der Waals surface area (Å²) in [6, 6.07) is 13.7. The van der Waals surface area contributed by atoms with Gasteiger partial charge in [-0.25, -0.2) is 8.42 Å². The number of anilines is 1. The largest absolute Gasteiger partial charge is 0.494 e. The van der Waals surface area contributed by atoms with Gasteiger partial charge in [0, 0.05) is 6.04 Å². The Kier molecular flexibility index (Phi) is 6.23. The highest BCUT2D eigenvalue weighted by Gasteiger charge is 2.40. The van der Waals surface area contributed by atoms with E-state index >= 15 is 0 Å². The second-order valence-electron chi connectivity index (χ2n) is 8.60.